The van der Waals surface area contributed by atoms with Crippen LogP contribution in [0.1, 0.15) is 18.9 Å². The van der Waals surface area contributed by atoms with Crippen LogP contribution in [0.25, 0.3) is 0 Å². The molecule has 0 saturated carbocycles. The molecule has 1 amide bonds. The third-order valence-electron chi connectivity index (χ3n) is 3.46. The van der Waals surface area contributed by atoms with Crippen molar-refractivity contribution in [2.45, 2.75) is 19.9 Å². The fourth-order valence-electron chi connectivity index (χ4n) is 2.22. The monoisotopic (exact) mass is 234 g/mol. The maximum atomic E-state index is 11.4. The van der Waals surface area contributed by atoms with E-state index in [-0.39, 0.29) is 5.91 Å². The number of primary amides is 1. The Labute approximate surface area is 101 Å². The third kappa shape index (κ3) is 2.10. The van der Waals surface area contributed by atoms with E-state index in [1.54, 1.807) is 6.20 Å². The van der Waals surface area contributed by atoms with Crippen molar-refractivity contribution in [1.29, 1.82) is 0 Å². The number of nitrogens with two attached hydrogens (primary N) is 2. The second-order valence-corrected chi connectivity index (χ2v) is 4.79. The van der Waals surface area contributed by atoms with Crippen LogP contribution in [0.4, 0.5) is 5.82 Å². The molecule has 5 heteroatoms. The number of amides is 1. The van der Waals surface area contributed by atoms with Crippen LogP contribution in [0.5, 0.6) is 0 Å². The van der Waals surface area contributed by atoms with Crippen LogP contribution in [0.3, 0.4) is 0 Å². The van der Waals surface area contributed by atoms with Crippen LogP contribution >= 0.6 is 0 Å². The van der Waals surface area contributed by atoms with Crippen molar-refractivity contribution >= 4 is 11.7 Å². The van der Waals surface area contributed by atoms with Gasteiger partial charge >= 0.3 is 0 Å². The first-order valence-electron chi connectivity index (χ1n) is 5.75. The van der Waals surface area contributed by atoms with Crippen LogP contribution in [-0.4, -0.2) is 24.0 Å². The molecular weight excluding hydrogens is 216 g/mol. The zero-order chi connectivity index (χ0) is 12.5. The van der Waals surface area contributed by atoms with Gasteiger partial charge in [0.15, 0.2) is 0 Å². The second kappa shape index (κ2) is 4.33. The van der Waals surface area contributed by atoms with Crippen molar-refractivity contribution in [3.05, 3.63) is 23.9 Å². The van der Waals surface area contributed by atoms with Gasteiger partial charge in [-0.15, -0.1) is 0 Å². The van der Waals surface area contributed by atoms with Crippen LogP contribution in [-0.2, 0) is 11.3 Å². The van der Waals surface area contributed by atoms with E-state index in [1.165, 1.54) is 0 Å². The molecule has 2 rings (SSSR count). The summed E-state index contributed by atoms with van der Waals surface area (Å²) in [5, 5.41) is 0. The Morgan fingerprint density at radius 1 is 1.65 bits per heavy atom. The van der Waals surface area contributed by atoms with Gasteiger partial charge < -0.3 is 16.4 Å². The van der Waals surface area contributed by atoms with E-state index in [1.807, 2.05) is 19.1 Å². The van der Waals surface area contributed by atoms with Crippen LogP contribution in [0.2, 0.25) is 0 Å². The molecule has 1 aliphatic heterocycles. The Hall–Kier alpha value is -1.62. The van der Waals surface area contributed by atoms with Gasteiger partial charge in [0.1, 0.15) is 5.82 Å². The molecule has 2 heterocycles. The first kappa shape index (κ1) is 11.9. The maximum Gasteiger partial charge on any atom is 0.225 e. The topological polar surface area (TPSA) is 85.2 Å². The quantitative estimate of drug-likeness (QED) is 0.784. The lowest BCUT2D eigenvalue weighted by Crippen LogP contribution is -2.37. The molecule has 1 aliphatic rings. The highest BCUT2D eigenvalue weighted by Crippen LogP contribution is 2.33. The van der Waals surface area contributed by atoms with Crippen molar-refractivity contribution in [3.63, 3.8) is 0 Å². The van der Waals surface area contributed by atoms with E-state index in [0.29, 0.717) is 13.1 Å². The van der Waals surface area contributed by atoms with Crippen molar-refractivity contribution in [3.8, 4) is 0 Å². The van der Waals surface area contributed by atoms with Gasteiger partial charge in [0.05, 0.1) is 5.41 Å². The summed E-state index contributed by atoms with van der Waals surface area (Å²) in [5.74, 6) is 0.630. The van der Waals surface area contributed by atoms with E-state index in [9.17, 15) is 4.79 Å². The normalized spacial score (nSPS) is 24.0. The largest absolute Gasteiger partial charge is 0.369 e. The van der Waals surface area contributed by atoms with Gasteiger partial charge in [-0.05, 0) is 19.4 Å². The lowest BCUT2D eigenvalue weighted by atomic mass is 9.89. The SMILES string of the molecule is CC1(C(N)=O)CCN(c2ncccc2CN)C1. The number of rotatable bonds is 3. The van der Waals surface area contributed by atoms with E-state index < -0.39 is 5.41 Å². The third-order valence-corrected chi connectivity index (χ3v) is 3.46. The Kier molecular flexibility index (Phi) is 3.02. The highest BCUT2D eigenvalue weighted by Gasteiger charge is 2.39. The number of hydrogen-bond acceptors (Lipinski definition) is 4. The van der Waals surface area contributed by atoms with Crippen molar-refractivity contribution in [2.24, 2.45) is 16.9 Å². The zero-order valence-corrected chi connectivity index (χ0v) is 10.0. The van der Waals surface area contributed by atoms with Crippen molar-refractivity contribution < 1.29 is 4.79 Å². The van der Waals surface area contributed by atoms with Gasteiger partial charge in [0.2, 0.25) is 5.91 Å². The van der Waals surface area contributed by atoms with Crippen LogP contribution in [0.15, 0.2) is 18.3 Å². The molecule has 17 heavy (non-hydrogen) atoms. The molecule has 1 atom stereocenters. The fraction of sp³-hybridized carbons (Fsp3) is 0.500. The zero-order valence-electron chi connectivity index (χ0n) is 10.0. The molecule has 1 aromatic rings. The standard InChI is InChI=1S/C12H18N4O/c1-12(11(14)17)4-6-16(8-12)10-9(7-13)3-2-5-15-10/h2-3,5H,4,6-8,13H2,1H3,(H2,14,17). The van der Waals surface area contributed by atoms with E-state index in [0.717, 1.165) is 24.3 Å². The molecule has 0 spiro atoms. The van der Waals surface area contributed by atoms with Gasteiger partial charge in [-0.25, -0.2) is 4.98 Å². The highest BCUT2D eigenvalue weighted by molar-refractivity contribution is 5.82. The summed E-state index contributed by atoms with van der Waals surface area (Å²) in [6, 6.07) is 3.83. The minimum absolute atomic E-state index is 0.245. The summed E-state index contributed by atoms with van der Waals surface area (Å²) in [4.78, 5) is 17.8. The molecule has 4 N–H and O–H groups in total. The average Bonchev–Trinajstić information content (AvgIpc) is 2.73. The molecule has 5 nitrogen and oxygen atoms in total. The second-order valence-electron chi connectivity index (χ2n) is 4.79. The first-order valence-corrected chi connectivity index (χ1v) is 5.75. The highest BCUT2D eigenvalue weighted by atomic mass is 16.1. The summed E-state index contributed by atoms with van der Waals surface area (Å²) < 4.78 is 0. The minimum atomic E-state index is -0.455. The molecule has 1 aromatic heterocycles. The first-order chi connectivity index (χ1) is 8.07. The summed E-state index contributed by atoms with van der Waals surface area (Å²) in [5.41, 5.74) is 11.7. The Morgan fingerprint density at radius 2 is 2.41 bits per heavy atom. The summed E-state index contributed by atoms with van der Waals surface area (Å²) in [6.07, 6.45) is 2.51. The number of anilines is 1. The van der Waals surface area contributed by atoms with Crippen molar-refractivity contribution in [1.82, 2.24) is 4.98 Å². The van der Waals surface area contributed by atoms with E-state index >= 15 is 0 Å². The summed E-state index contributed by atoms with van der Waals surface area (Å²) in [6.45, 7) is 3.77. The lowest BCUT2D eigenvalue weighted by Gasteiger charge is -2.23. The average molecular weight is 234 g/mol. The smallest absolute Gasteiger partial charge is 0.225 e. The molecule has 92 valence electrons. The molecule has 0 bridgehead atoms. The Balaban J connectivity index is 2.23. The molecule has 0 aromatic carbocycles. The number of aromatic nitrogens is 1. The lowest BCUT2D eigenvalue weighted by molar-refractivity contribution is -0.125. The Morgan fingerprint density at radius 3 is 3.00 bits per heavy atom. The molecule has 1 unspecified atom stereocenters. The molecule has 0 aliphatic carbocycles. The van der Waals surface area contributed by atoms with Crippen molar-refractivity contribution in [2.75, 3.05) is 18.0 Å². The van der Waals surface area contributed by atoms with Gasteiger partial charge in [-0.2, -0.15) is 0 Å². The van der Waals surface area contributed by atoms with Crippen LogP contribution < -0.4 is 16.4 Å². The summed E-state index contributed by atoms with van der Waals surface area (Å²) >= 11 is 0. The predicted octanol–water partition coefficient (Wildman–Crippen LogP) is 0.242. The molecule has 1 fully saturated rings. The predicted molar refractivity (Wildman–Crippen MR) is 66.3 cm³/mol. The molecule has 1 saturated heterocycles. The number of carbonyl (C=O) groups is 1. The minimum Gasteiger partial charge on any atom is -0.369 e. The molecule has 0 radical (unpaired) electrons. The van der Waals surface area contributed by atoms with Gasteiger partial charge in [-0.3, -0.25) is 4.79 Å². The number of hydrogen-bond donors (Lipinski definition) is 2. The Bertz CT molecular complexity index is 434. The van der Waals surface area contributed by atoms with Crippen LogP contribution in [0, 0.1) is 5.41 Å². The van der Waals surface area contributed by atoms with Gasteiger partial charge in [-0.1, -0.05) is 6.07 Å². The van der Waals surface area contributed by atoms with Gasteiger partial charge in [0, 0.05) is 31.4 Å². The fourth-order valence-corrected chi connectivity index (χ4v) is 2.22. The number of pyridine rings is 1. The van der Waals surface area contributed by atoms with E-state index in [4.69, 9.17) is 11.5 Å². The number of nitrogens with zero attached hydrogens (tertiary/aromatic N) is 2. The molecular formula is C12H18N4O. The number of carbonyl (C=O) groups excluding carboxylic acids is 1. The van der Waals surface area contributed by atoms with Gasteiger partial charge in [0.25, 0.3) is 0 Å². The van der Waals surface area contributed by atoms with E-state index in [2.05, 4.69) is 9.88 Å². The summed E-state index contributed by atoms with van der Waals surface area (Å²) in [7, 11) is 0. The maximum absolute atomic E-state index is 11.4.